The van der Waals surface area contributed by atoms with E-state index in [1.54, 1.807) is 30.3 Å². The zero-order valence-corrected chi connectivity index (χ0v) is 26.1. The van der Waals surface area contributed by atoms with E-state index in [1.807, 2.05) is 57.2 Å². The van der Waals surface area contributed by atoms with Crippen molar-refractivity contribution in [1.82, 2.24) is 10.2 Å². The van der Waals surface area contributed by atoms with Gasteiger partial charge in [0.2, 0.25) is 5.13 Å². The number of benzene rings is 3. The molecular formula is C33H31N3O6S2. The number of carbonyl (C=O) groups is 2. The van der Waals surface area contributed by atoms with Crippen molar-refractivity contribution >= 4 is 45.7 Å². The Morgan fingerprint density at radius 1 is 1.02 bits per heavy atom. The van der Waals surface area contributed by atoms with Crippen LogP contribution in [0.15, 0.2) is 76.6 Å². The molecule has 1 aromatic heterocycles. The van der Waals surface area contributed by atoms with Gasteiger partial charge in [0.25, 0.3) is 5.78 Å². The van der Waals surface area contributed by atoms with Gasteiger partial charge in [-0.1, -0.05) is 59.5 Å². The monoisotopic (exact) mass is 629 g/mol. The fraction of sp³-hybridized carbons (Fsp3) is 0.273. The molecule has 44 heavy (non-hydrogen) atoms. The molecule has 11 heteroatoms. The van der Waals surface area contributed by atoms with Crippen LogP contribution in [0.3, 0.4) is 0 Å². The lowest BCUT2D eigenvalue weighted by molar-refractivity contribution is -0.132. The average Bonchev–Trinajstić information content (AvgIpc) is 3.72. The summed E-state index contributed by atoms with van der Waals surface area (Å²) in [4.78, 5) is 28.8. The van der Waals surface area contributed by atoms with Gasteiger partial charge >= 0.3 is 5.91 Å². The van der Waals surface area contributed by atoms with Crippen molar-refractivity contribution in [3.8, 4) is 17.2 Å². The number of carbonyl (C=O) groups excluding carboxylic acids is 2. The highest BCUT2D eigenvalue weighted by Gasteiger charge is 2.48. The largest absolute Gasteiger partial charge is 0.507 e. The average molecular weight is 630 g/mol. The SMILES string of the molecule is CCOc1ccc(C2/C(=C(/O)c3ccc4c(c3)CC(C)O4)C(=O)C(=O)N2c2nnc(SCc3ccccc3)s2)cc1OCC. The predicted octanol–water partition coefficient (Wildman–Crippen LogP) is 6.58. The number of thioether (sulfide) groups is 1. The summed E-state index contributed by atoms with van der Waals surface area (Å²) < 4.78 is 18.1. The fourth-order valence-electron chi connectivity index (χ4n) is 5.39. The molecule has 0 aliphatic carbocycles. The van der Waals surface area contributed by atoms with Crippen molar-refractivity contribution in [3.05, 3.63) is 94.6 Å². The first-order valence-corrected chi connectivity index (χ1v) is 16.2. The summed E-state index contributed by atoms with van der Waals surface area (Å²) in [7, 11) is 0. The molecule has 1 saturated heterocycles. The van der Waals surface area contributed by atoms with Crippen LogP contribution < -0.4 is 19.1 Å². The Labute approximate surface area is 263 Å². The second kappa shape index (κ2) is 12.7. The van der Waals surface area contributed by atoms with Gasteiger partial charge in [-0.25, -0.2) is 0 Å². The lowest BCUT2D eigenvalue weighted by Gasteiger charge is -2.23. The molecule has 0 bridgehead atoms. The maximum Gasteiger partial charge on any atom is 0.301 e. The minimum Gasteiger partial charge on any atom is -0.507 e. The molecule has 1 amide bonds. The normalized spacial score (nSPS) is 18.8. The van der Waals surface area contributed by atoms with Crippen LogP contribution >= 0.6 is 23.1 Å². The standard InChI is InChI=1S/C33H31N3O6S2/c1-4-40-25-14-11-21(17-26(25)41-5-2)28-27(29(37)22-12-13-24-23(16-22)15-19(3)42-24)30(38)31(39)36(28)32-34-35-33(44-32)43-18-20-9-7-6-8-10-20/h6-14,16-17,19,28,37H,4-5,15,18H2,1-3H3/b29-27-. The van der Waals surface area contributed by atoms with Gasteiger partial charge in [0.15, 0.2) is 15.8 Å². The summed E-state index contributed by atoms with van der Waals surface area (Å²) in [5.41, 5.74) is 3.00. The van der Waals surface area contributed by atoms with E-state index in [1.165, 1.54) is 28.0 Å². The van der Waals surface area contributed by atoms with Gasteiger partial charge in [-0.2, -0.15) is 0 Å². The third kappa shape index (κ3) is 5.77. The predicted molar refractivity (Wildman–Crippen MR) is 170 cm³/mol. The number of amides is 1. The van der Waals surface area contributed by atoms with Crippen LogP contribution in [0, 0.1) is 0 Å². The smallest absolute Gasteiger partial charge is 0.301 e. The van der Waals surface area contributed by atoms with Crippen LogP contribution in [0.1, 0.15) is 49.1 Å². The first kappa shape index (κ1) is 29.7. The number of Topliss-reactive ketones (excluding diaryl/α,β-unsaturated/α-hetero) is 1. The maximum absolute atomic E-state index is 13.7. The van der Waals surface area contributed by atoms with Gasteiger partial charge in [-0.05, 0) is 67.8 Å². The number of aliphatic hydroxyl groups is 1. The molecule has 2 aliphatic rings. The van der Waals surface area contributed by atoms with Gasteiger partial charge < -0.3 is 19.3 Å². The third-order valence-corrected chi connectivity index (χ3v) is 9.43. The van der Waals surface area contributed by atoms with Gasteiger partial charge in [-0.15, -0.1) is 10.2 Å². The molecule has 226 valence electrons. The number of anilines is 1. The van der Waals surface area contributed by atoms with E-state index < -0.39 is 17.7 Å². The van der Waals surface area contributed by atoms with E-state index in [0.29, 0.717) is 52.4 Å². The number of aromatic nitrogens is 2. The van der Waals surface area contributed by atoms with Crippen molar-refractivity contribution in [2.45, 2.75) is 49.4 Å². The number of ether oxygens (including phenoxy) is 3. The number of aliphatic hydroxyl groups excluding tert-OH is 1. The molecule has 0 spiro atoms. The topological polar surface area (TPSA) is 111 Å². The van der Waals surface area contributed by atoms with Crippen LogP contribution in [0.2, 0.25) is 0 Å². The van der Waals surface area contributed by atoms with E-state index in [-0.39, 0.29) is 22.6 Å². The van der Waals surface area contributed by atoms with Gasteiger partial charge in [-0.3, -0.25) is 14.5 Å². The molecule has 3 heterocycles. The first-order chi connectivity index (χ1) is 21.4. The lowest BCUT2D eigenvalue weighted by atomic mass is 9.94. The van der Waals surface area contributed by atoms with Crippen molar-refractivity contribution in [3.63, 3.8) is 0 Å². The van der Waals surface area contributed by atoms with Crippen LogP contribution in [0.25, 0.3) is 5.76 Å². The number of hydrogen-bond acceptors (Lipinski definition) is 10. The summed E-state index contributed by atoms with van der Waals surface area (Å²) in [6, 6.07) is 19.5. The lowest BCUT2D eigenvalue weighted by Crippen LogP contribution is -2.29. The highest BCUT2D eigenvalue weighted by molar-refractivity contribution is 8.00. The molecule has 1 N–H and O–H groups in total. The second-order valence-corrected chi connectivity index (χ2v) is 12.5. The maximum atomic E-state index is 13.7. The Hall–Kier alpha value is -4.35. The van der Waals surface area contributed by atoms with Crippen LogP contribution in [-0.2, 0) is 21.8 Å². The Bertz CT molecular complexity index is 1740. The first-order valence-electron chi connectivity index (χ1n) is 14.4. The summed E-state index contributed by atoms with van der Waals surface area (Å²) >= 11 is 2.72. The summed E-state index contributed by atoms with van der Waals surface area (Å²) in [5, 5.41) is 20.6. The van der Waals surface area contributed by atoms with Gasteiger partial charge in [0, 0.05) is 17.7 Å². The molecular weight excluding hydrogens is 599 g/mol. The van der Waals surface area contributed by atoms with Crippen molar-refractivity contribution < 1.29 is 28.9 Å². The molecule has 6 rings (SSSR count). The zero-order chi connectivity index (χ0) is 30.8. The third-order valence-electron chi connectivity index (χ3n) is 7.30. The Morgan fingerprint density at radius 2 is 1.80 bits per heavy atom. The summed E-state index contributed by atoms with van der Waals surface area (Å²) in [6.07, 6.45) is 0.694. The Kier molecular flexibility index (Phi) is 8.58. The quantitative estimate of drug-likeness (QED) is 0.0684. The van der Waals surface area contributed by atoms with E-state index in [0.717, 1.165) is 16.9 Å². The van der Waals surface area contributed by atoms with E-state index >= 15 is 0 Å². The van der Waals surface area contributed by atoms with Crippen LogP contribution in [0.5, 0.6) is 17.2 Å². The van der Waals surface area contributed by atoms with Gasteiger partial charge in [0.05, 0.1) is 24.8 Å². The Morgan fingerprint density at radius 3 is 2.57 bits per heavy atom. The van der Waals surface area contributed by atoms with Crippen molar-refractivity contribution in [2.24, 2.45) is 0 Å². The van der Waals surface area contributed by atoms with Crippen LogP contribution in [0.4, 0.5) is 5.13 Å². The molecule has 9 nitrogen and oxygen atoms in total. The summed E-state index contributed by atoms with van der Waals surface area (Å²) in [6.45, 7) is 6.54. The molecule has 2 atom stereocenters. The molecule has 0 saturated carbocycles. The molecule has 3 aromatic carbocycles. The number of nitrogens with zero attached hydrogens (tertiary/aromatic N) is 3. The Balaban J connectivity index is 1.43. The molecule has 0 radical (unpaired) electrons. The molecule has 2 aliphatic heterocycles. The molecule has 4 aromatic rings. The van der Waals surface area contributed by atoms with Gasteiger partial charge in [0.1, 0.15) is 17.6 Å². The number of fused-ring (bicyclic) bond motifs is 1. The number of hydrogen-bond donors (Lipinski definition) is 1. The van der Waals surface area contributed by atoms with E-state index in [2.05, 4.69) is 10.2 Å². The molecule has 2 unspecified atom stereocenters. The summed E-state index contributed by atoms with van der Waals surface area (Å²) in [5.74, 6) is 0.558. The van der Waals surface area contributed by atoms with Crippen molar-refractivity contribution in [1.29, 1.82) is 0 Å². The van der Waals surface area contributed by atoms with E-state index in [4.69, 9.17) is 14.2 Å². The number of ketones is 1. The highest BCUT2D eigenvalue weighted by Crippen LogP contribution is 2.46. The number of rotatable bonds is 10. The highest BCUT2D eigenvalue weighted by atomic mass is 32.2. The van der Waals surface area contributed by atoms with E-state index in [9.17, 15) is 14.7 Å². The second-order valence-electron chi connectivity index (χ2n) is 10.3. The van der Waals surface area contributed by atoms with Crippen LogP contribution in [-0.4, -0.2) is 46.3 Å². The van der Waals surface area contributed by atoms with Crippen molar-refractivity contribution in [2.75, 3.05) is 18.1 Å². The minimum absolute atomic E-state index is 0.0141. The fourth-order valence-corrected chi connectivity index (χ4v) is 7.21. The minimum atomic E-state index is -0.978. The molecule has 1 fully saturated rings. The zero-order valence-electron chi connectivity index (χ0n) is 24.5.